The molecule has 0 nitrogen and oxygen atoms in total. The van der Waals surface area contributed by atoms with Crippen molar-refractivity contribution >= 4 is 95.7 Å². The van der Waals surface area contributed by atoms with Crippen LogP contribution in [0, 0.1) is 0 Å². The molecule has 6 heteroatoms. The first-order valence-electron chi connectivity index (χ1n) is 0.577. The van der Waals surface area contributed by atoms with Crippen molar-refractivity contribution in [3.8, 4) is 0 Å². The smallest absolute Gasteiger partial charge is 1.00 e. The summed E-state index contributed by atoms with van der Waals surface area (Å²) < 4.78 is 0. The van der Waals surface area contributed by atoms with Crippen LogP contribution in [0.5, 0.6) is 0 Å². The van der Waals surface area contributed by atoms with Gasteiger partial charge in [0.2, 0.25) is 0 Å². The summed E-state index contributed by atoms with van der Waals surface area (Å²) in [7, 11) is 5.44. The van der Waals surface area contributed by atoms with Crippen molar-refractivity contribution in [1.29, 1.82) is 0 Å². The van der Waals surface area contributed by atoms with Gasteiger partial charge in [0.25, 0.3) is 0 Å². The van der Waals surface area contributed by atoms with E-state index in [0.29, 0.717) is 0 Å². The maximum atomic E-state index is 4.64. The first-order chi connectivity index (χ1) is 1.00. The molecule has 0 heterocycles. The largest absolute Gasteiger partial charge is 2.00 e. The predicted octanol–water partition coefficient (Wildman–Crippen LogP) is -5.94. The van der Waals surface area contributed by atoms with E-state index in [1.807, 2.05) is 0 Å². The number of hydrogen-bond donors (Lipinski definition) is 0. The molecule has 0 bridgehead atoms. The van der Waals surface area contributed by atoms with Gasteiger partial charge < -0.3 is 7.13 Å². The van der Waals surface area contributed by atoms with E-state index >= 15 is 0 Å². The Labute approximate surface area is 130 Å². The van der Waals surface area contributed by atoms with Crippen LogP contribution in [0.3, 0.4) is 0 Å². The predicted molar refractivity (Wildman–Crippen MR) is 42.7 cm³/mol. The second-order valence-electron chi connectivity index (χ2n) is 0. The molecule has 26 valence electrons. The van der Waals surface area contributed by atoms with Crippen molar-refractivity contribution in [2.24, 2.45) is 0 Å². The molecule has 0 N–H and O–H groups in total. The summed E-state index contributed by atoms with van der Waals surface area (Å²) in [6.45, 7) is 0. The maximum Gasteiger partial charge on any atom is 2.00 e. The zero-order chi connectivity index (χ0) is 2.00. The standard InChI is InChI=1S/Al.BH3Si.Ca.Mg.Na.8H/c;1-2;;;;;;;;;;;/h;2H3;;;;;;;;;;;/q;;2*+2;+1;;;;5*-1. The van der Waals surface area contributed by atoms with Gasteiger partial charge in [0.1, 0.15) is 0 Å². The Balaban J connectivity index is -0.000000000139. The quantitative estimate of drug-likeness (QED) is 0.313. The molecule has 0 fully saturated rings. The molecule has 0 unspecified atom stereocenters. The molecule has 6 heavy (non-hydrogen) atoms. The summed E-state index contributed by atoms with van der Waals surface area (Å²) in [4.78, 5) is 0. The van der Waals surface area contributed by atoms with E-state index in [2.05, 4.69) is 7.44 Å². The first kappa shape index (κ1) is 32.8. The molecule has 0 saturated heterocycles. The van der Waals surface area contributed by atoms with Gasteiger partial charge in [-0.25, -0.2) is 0 Å². The van der Waals surface area contributed by atoms with Gasteiger partial charge in [0.05, 0.1) is 0 Å². The average molecular weight is 164 g/mol. The Morgan fingerprint density at radius 3 is 1.33 bits per heavy atom. The van der Waals surface area contributed by atoms with E-state index in [4.69, 9.17) is 0 Å². The van der Waals surface area contributed by atoms with Gasteiger partial charge in [0.15, 0.2) is 17.4 Å². The molecular weight excluding hydrogens is 153 g/mol. The zero-order valence-corrected chi connectivity index (χ0v) is 11.6. The molecular formula is H11AlBCaMgNaSi. The van der Waals surface area contributed by atoms with Crippen LogP contribution in [0.2, 0.25) is 0 Å². The van der Waals surface area contributed by atoms with Crippen molar-refractivity contribution in [2.75, 3.05) is 0 Å². The van der Waals surface area contributed by atoms with Crippen molar-refractivity contribution in [2.45, 2.75) is 0 Å². The van der Waals surface area contributed by atoms with Crippen molar-refractivity contribution in [3.05, 3.63) is 0 Å². The molecule has 0 aliphatic carbocycles. The van der Waals surface area contributed by atoms with E-state index in [1.54, 1.807) is 0 Å². The monoisotopic (exact) mass is 164 g/mol. The fourth-order valence-electron chi connectivity index (χ4n) is 0. The van der Waals surface area contributed by atoms with E-state index in [0.717, 1.165) is 10.1 Å². The van der Waals surface area contributed by atoms with E-state index in [1.165, 1.54) is 0 Å². The van der Waals surface area contributed by atoms with Crippen LogP contribution in [-0.4, -0.2) is 95.7 Å². The third-order valence-electron chi connectivity index (χ3n) is 0. The van der Waals surface area contributed by atoms with E-state index < -0.39 is 0 Å². The molecule has 0 atom stereocenters. The molecule has 0 saturated carbocycles. The molecule has 0 spiro atoms. The topological polar surface area (TPSA) is 0 Å². The minimum absolute atomic E-state index is 0. The number of rotatable bonds is 0. The van der Waals surface area contributed by atoms with Crippen molar-refractivity contribution in [3.63, 3.8) is 0 Å². The van der Waals surface area contributed by atoms with Crippen LogP contribution in [0.1, 0.15) is 7.13 Å². The minimum Gasteiger partial charge on any atom is -1.00 e. The summed E-state index contributed by atoms with van der Waals surface area (Å²) in [5.41, 5.74) is 0. The molecule has 2 radical (unpaired) electrons. The van der Waals surface area contributed by atoms with Gasteiger partial charge in [-0.1, -0.05) is 0 Å². The summed E-state index contributed by atoms with van der Waals surface area (Å²) in [5, 5.41) is 0. The Morgan fingerprint density at radius 2 is 1.33 bits per heavy atom. The van der Waals surface area contributed by atoms with Gasteiger partial charge in [-0.2, -0.15) is 0 Å². The average Bonchev–Trinajstić information content (AvgIpc) is 1.00. The number of hydrogen-bond acceptors (Lipinski definition) is 0. The normalized spacial score (nSPS) is 1.33. The van der Waals surface area contributed by atoms with Crippen LogP contribution in [0.4, 0.5) is 0 Å². The van der Waals surface area contributed by atoms with Crippen LogP contribution < -0.4 is 29.6 Å². The van der Waals surface area contributed by atoms with Crippen LogP contribution in [0.15, 0.2) is 0 Å². The fraction of sp³-hybridized carbons (Fsp3) is 0. The molecule has 0 amide bonds. The van der Waals surface area contributed by atoms with E-state index in [9.17, 15) is 0 Å². The minimum atomic E-state index is 0. The molecule has 0 aliphatic heterocycles. The summed E-state index contributed by atoms with van der Waals surface area (Å²) in [5.74, 6) is 0. The van der Waals surface area contributed by atoms with Crippen molar-refractivity contribution < 1.29 is 36.7 Å². The fourth-order valence-corrected chi connectivity index (χ4v) is 0. The molecule has 0 aromatic rings. The second-order valence-corrected chi connectivity index (χ2v) is 0. The van der Waals surface area contributed by atoms with Crippen LogP contribution >= 0.6 is 0 Å². The Morgan fingerprint density at radius 1 is 1.33 bits per heavy atom. The van der Waals surface area contributed by atoms with Crippen molar-refractivity contribution in [1.82, 2.24) is 0 Å². The molecule has 0 rings (SSSR count). The third-order valence-corrected chi connectivity index (χ3v) is 0. The maximum absolute atomic E-state index is 4.64. The third kappa shape index (κ3) is 24.9. The molecule has 0 aliphatic rings. The Bertz CT molecular complexity index is 26.4. The molecule has 0 aromatic heterocycles. The van der Waals surface area contributed by atoms with Gasteiger partial charge in [-0.3, -0.25) is 0 Å². The van der Waals surface area contributed by atoms with Crippen LogP contribution in [0.25, 0.3) is 0 Å². The van der Waals surface area contributed by atoms with Gasteiger partial charge in [0, 0.05) is 7.44 Å². The Kier molecular flexibility index (Phi) is 202. The van der Waals surface area contributed by atoms with Gasteiger partial charge in [-0.05, 0) is 10.1 Å². The van der Waals surface area contributed by atoms with Gasteiger partial charge >= 0.3 is 90.3 Å². The summed E-state index contributed by atoms with van der Waals surface area (Å²) in [6, 6.07) is 0. The summed E-state index contributed by atoms with van der Waals surface area (Å²) in [6.07, 6.45) is 0. The molecule has 0 aromatic carbocycles. The Hall–Kier alpha value is 3.84. The zero-order valence-electron chi connectivity index (χ0n) is 8.99. The summed E-state index contributed by atoms with van der Waals surface area (Å²) >= 11 is 0. The first-order valence-corrected chi connectivity index (χ1v) is 1.73. The van der Waals surface area contributed by atoms with E-state index in [-0.39, 0.29) is 115 Å². The van der Waals surface area contributed by atoms with Crippen LogP contribution in [-0.2, 0) is 0 Å². The van der Waals surface area contributed by atoms with Gasteiger partial charge in [-0.15, -0.1) is 0 Å². The second kappa shape index (κ2) is 36.8. The SMILES string of the molecule is [AlH3].[B][SiH3].[Ca+2].[H-].[H-].[H-].[H-].[H-].[Mg+2].[Na+].